The van der Waals surface area contributed by atoms with Crippen LogP contribution in [-0.4, -0.2) is 6.61 Å². The van der Waals surface area contributed by atoms with Crippen molar-refractivity contribution in [1.82, 2.24) is 0 Å². The molecule has 0 aliphatic rings. The third-order valence-electron chi connectivity index (χ3n) is 2.12. The largest absolute Gasteiger partial charge is 0.494 e. The van der Waals surface area contributed by atoms with Gasteiger partial charge in [0.05, 0.1) is 6.61 Å². The Hall–Kier alpha value is -1.42. The Morgan fingerprint density at radius 1 is 1.43 bits per heavy atom. The van der Waals surface area contributed by atoms with Crippen molar-refractivity contribution in [1.29, 1.82) is 0 Å². The van der Waals surface area contributed by atoms with E-state index in [9.17, 15) is 0 Å². The summed E-state index contributed by atoms with van der Waals surface area (Å²) in [6.45, 7) is 4.93. The topological polar surface area (TPSA) is 9.23 Å². The van der Waals surface area contributed by atoms with E-state index >= 15 is 0 Å². The van der Waals surface area contributed by atoms with Crippen molar-refractivity contribution in [2.24, 2.45) is 0 Å². The number of terminal acetylenes is 1. The molecule has 0 fully saturated rings. The lowest BCUT2D eigenvalue weighted by Gasteiger charge is -2.06. The quantitative estimate of drug-likeness (QED) is 0.521. The summed E-state index contributed by atoms with van der Waals surface area (Å²) in [6.07, 6.45) is 7.58. The molecule has 0 bridgehead atoms. The molecule has 0 saturated heterocycles. The van der Waals surface area contributed by atoms with Gasteiger partial charge in [0, 0.05) is 5.56 Å². The summed E-state index contributed by atoms with van der Waals surface area (Å²) in [7, 11) is 0. The van der Waals surface area contributed by atoms with E-state index in [1.54, 1.807) is 0 Å². The number of aryl methyl sites for hydroxylation is 1. The lowest BCUT2D eigenvalue weighted by atomic mass is 10.1. The van der Waals surface area contributed by atoms with Crippen molar-refractivity contribution in [2.75, 3.05) is 6.61 Å². The van der Waals surface area contributed by atoms with Gasteiger partial charge in [-0.2, -0.15) is 0 Å². The molecule has 1 aromatic carbocycles. The van der Waals surface area contributed by atoms with Crippen molar-refractivity contribution in [3.05, 3.63) is 29.3 Å². The molecule has 1 heteroatoms. The first-order valence-corrected chi connectivity index (χ1v) is 4.98. The lowest BCUT2D eigenvalue weighted by Crippen LogP contribution is -1.96. The van der Waals surface area contributed by atoms with Crippen LogP contribution < -0.4 is 4.74 Å². The first-order chi connectivity index (χ1) is 6.77. The second kappa shape index (κ2) is 5.34. The Balaban J connectivity index is 2.63. The van der Waals surface area contributed by atoms with E-state index < -0.39 is 0 Å². The van der Waals surface area contributed by atoms with E-state index in [-0.39, 0.29) is 0 Å². The van der Waals surface area contributed by atoms with Crippen LogP contribution in [0.2, 0.25) is 0 Å². The number of rotatable bonds is 4. The van der Waals surface area contributed by atoms with Gasteiger partial charge in [0.25, 0.3) is 0 Å². The van der Waals surface area contributed by atoms with Crippen LogP contribution in [-0.2, 0) is 0 Å². The van der Waals surface area contributed by atoms with Gasteiger partial charge < -0.3 is 4.74 Å². The standard InChI is InChI=1S/C13H16O/c1-4-6-9-14-13-8-7-12(5-2)11(3)10-13/h2,7-8,10H,4,6,9H2,1,3H3. The van der Waals surface area contributed by atoms with Crippen molar-refractivity contribution in [2.45, 2.75) is 26.7 Å². The predicted molar refractivity (Wildman–Crippen MR) is 59.5 cm³/mol. The van der Waals surface area contributed by atoms with Crippen molar-refractivity contribution in [3.63, 3.8) is 0 Å². The van der Waals surface area contributed by atoms with E-state index in [1.165, 1.54) is 0 Å². The molecule has 0 atom stereocenters. The molecule has 74 valence electrons. The number of ether oxygens (including phenoxy) is 1. The summed E-state index contributed by atoms with van der Waals surface area (Å²) in [4.78, 5) is 0. The maximum Gasteiger partial charge on any atom is 0.119 e. The average Bonchev–Trinajstić information content (AvgIpc) is 2.18. The molecule has 0 radical (unpaired) electrons. The van der Waals surface area contributed by atoms with E-state index in [1.807, 2.05) is 25.1 Å². The first kappa shape index (κ1) is 10.7. The van der Waals surface area contributed by atoms with Crippen LogP contribution in [0.1, 0.15) is 30.9 Å². The fraction of sp³-hybridized carbons (Fsp3) is 0.385. The minimum Gasteiger partial charge on any atom is -0.494 e. The molecule has 0 N–H and O–H groups in total. The number of unbranched alkanes of at least 4 members (excludes halogenated alkanes) is 1. The molecular formula is C13H16O. The third-order valence-corrected chi connectivity index (χ3v) is 2.12. The van der Waals surface area contributed by atoms with Gasteiger partial charge in [0.15, 0.2) is 0 Å². The molecule has 0 unspecified atom stereocenters. The second-order valence-corrected chi connectivity index (χ2v) is 3.32. The molecule has 14 heavy (non-hydrogen) atoms. The van der Waals surface area contributed by atoms with Crippen LogP contribution in [0.3, 0.4) is 0 Å². The van der Waals surface area contributed by atoms with Gasteiger partial charge in [-0.15, -0.1) is 6.42 Å². The molecule has 0 aliphatic carbocycles. The van der Waals surface area contributed by atoms with Gasteiger partial charge >= 0.3 is 0 Å². The fourth-order valence-electron chi connectivity index (χ4n) is 1.22. The third kappa shape index (κ3) is 2.81. The second-order valence-electron chi connectivity index (χ2n) is 3.32. The van der Waals surface area contributed by atoms with Gasteiger partial charge in [-0.05, 0) is 37.1 Å². The highest BCUT2D eigenvalue weighted by Crippen LogP contribution is 2.16. The van der Waals surface area contributed by atoms with Crippen LogP contribution in [0.15, 0.2) is 18.2 Å². The van der Waals surface area contributed by atoms with Crippen molar-refractivity contribution >= 4 is 0 Å². The highest BCUT2D eigenvalue weighted by Gasteiger charge is 1.97. The van der Waals surface area contributed by atoms with Crippen LogP contribution in [0.4, 0.5) is 0 Å². The van der Waals surface area contributed by atoms with Crippen molar-refractivity contribution < 1.29 is 4.74 Å². The monoisotopic (exact) mass is 188 g/mol. The summed E-state index contributed by atoms with van der Waals surface area (Å²) in [5.74, 6) is 3.55. The Kier molecular flexibility index (Phi) is 4.07. The maximum atomic E-state index is 5.56. The van der Waals surface area contributed by atoms with Crippen LogP contribution in [0.5, 0.6) is 5.75 Å². The summed E-state index contributed by atoms with van der Waals surface area (Å²) < 4.78 is 5.56. The minimum atomic E-state index is 0.783. The first-order valence-electron chi connectivity index (χ1n) is 4.98. The lowest BCUT2D eigenvalue weighted by molar-refractivity contribution is 0.309. The zero-order chi connectivity index (χ0) is 10.4. The molecule has 1 rings (SSSR count). The van der Waals surface area contributed by atoms with E-state index in [0.29, 0.717) is 0 Å². The molecule has 0 amide bonds. The highest BCUT2D eigenvalue weighted by molar-refractivity contribution is 5.43. The van der Waals surface area contributed by atoms with Gasteiger partial charge in [-0.1, -0.05) is 19.3 Å². The molecule has 0 saturated carbocycles. The Labute approximate surface area is 86.1 Å². The Morgan fingerprint density at radius 3 is 2.79 bits per heavy atom. The fourth-order valence-corrected chi connectivity index (χ4v) is 1.22. The van der Waals surface area contributed by atoms with Gasteiger partial charge in [0.1, 0.15) is 5.75 Å². The SMILES string of the molecule is C#Cc1ccc(OCCCC)cc1C. The van der Waals surface area contributed by atoms with E-state index in [0.717, 1.165) is 36.3 Å². The summed E-state index contributed by atoms with van der Waals surface area (Å²) in [5.41, 5.74) is 2.04. The Bertz CT molecular complexity index is 334. The zero-order valence-corrected chi connectivity index (χ0v) is 8.84. The van der Waals surface area contributed by atoms with Crippen LogP contribution in [0, 0.1) is 19.3 Å². The average molecular weight is 188 g/mol. The Morgan fingerprint density at radius 2 is 2.21 bits per heavy atom. The van der Waals surface area contributed by atoms with E-state index in [2.05, 4.69) is 12.8 Å². The summed E-state index contributed by atoms with van der Waals surface area (Å²) in [5, 5.41) is 0. The molecule has 1 nitrogen and oxygen atoms in total. The zero-order valence-electron chi connectivity index (χ0n) is 8.84. The molecular weight excluding hydrogens is 172 g/mol. The molecule has 0 aliphatic heterocycles. The van der Waals surface area contributed by atoms with E-state index in [4.69, 9.17) is 11.2 Å². The molecule has 1 aromatic rings. The minimum absolute atomic E-state index is 0.783. The molecule has 0 heterocycles. The normalized spacial score (nSPS) is 9.50. The van der Waals surface area contributed by atoms with Gasteiger partial charge in [-0.3, -0.25) is 0 Å². The number of hydrogen-bond acceptors (Lipinski definition) is 1. The van der Waals surface area contributed by atoms with Crippen LogP contribution >= 0.6 is 0 Å². The van der Waals surface area contributed by atoms with Crippen LogP contribution in [0.25, 0.3) is 0 Å². The van der Waals surface area contributed by atoms with Gasteiger partial charge in [-0.25, -0.2) is 0 Å². The number of hydrogen-bond donors (Lipinski definition) is 0. The number of benzene rings is 1. The van der Waals surface area contributed by atoms with Gasteiger partial charge in [0.2, 0.25) is 0 Å². The predicted octanol–water partition coefficient (Wildman–Crippen LogP) is 3.16. The van der Waals surface area contributed by atoms with Crippen molar-refractivity contribution in [3.8, 4) is 18.1 Å². The molecule has 0 aromatic heterocycles. The maximum absolute atomic E-state index is 5.56. The summed E-state index contributed by atoms with van der Waals surface area (Å²) in [6, 6.07) is 5.85. The smallest absolute Gasteiger partial charge is 0.119 e. The summed E-state index contributed by atoms with van der Waals surface area (Å²) >= 11 is 0. The molecule has 0 spiro atoms. The highest BCUT2D eigenvalue weighted by atomic mass is 16.5.